The lowest BCUT2D eigenvalue weighted by Crippen LogP contribution is -2.32. The summed E-state index contributed by atoms with van der Waals surface area (Å²) in [5, 5.41) is 3.50. The Hall–Kier alpha value is -1.87. The molecule has 4 rings (SSSR count). The normalized spacial score (nSPS) is 21.2. The Balaban J connectivity index is 1.73. The molecule has 1 atom stereocenters. The summed E-state index contributed by atoms with van der Waals surface area (Å²) < 4.78 is 0. The lowest BCUT2D eigenvalue weighted by Gasteiger charge is -2.24. The van der Waals surface area contributed by atoms with Crippen LogP contribution < -0.4 is 10.2 Å². The van der Waals surface area contributed by atoms with Gasteiger partial charge in [0.15, 0.2) is 0 Å². The van der Waals surface area contributed by atoms with Crippen LogP contribution in [0.25, 0.3) is 11.1 Å². The number of nitrogens with zero attached hydrogens (tertiary/aromatic N) is 2. The molecule has 0 saturated carbocycles. The van der Waals surface area contributed by atoms with Gasteiger partial charge in [0.25, 0.3) is 0 Å². The summed E-state index contributed by atoms with van der Waals surface area (Å²) >= 11 is 0. The van der Waals surface area contributed by atoms with Gasteiger partial charge in [-0.15, -0.1) is 0 Å². The fourth-order valence-electron chi connectivity index (χ4n) is 3.44. The van der Waals surface area contributed by atoms with E-state index < -0.39 is 0 Å². The lowest BCUT2D eigenvalue weighted by molar-refractivity contribution is 0.612. The van der Waals surface area contributed by atoms with E-state index in [1.165, 1.54) is 35.2 Å². The molecule has 3 nitrogen and oxygen atoms in total. The maximum Gasteiger partial charge on any atom is 0.0408 e. The molecular weight excluding hydrogens is 246 g/mol. The number of rotatable bonds is 1. The van der Waals surface area contributed by atoms with Crippen LogP contribution in [0.5, 0.6) is 0 Å². The largest absolute Gasteiger partial charge is 0.367 e. The van der Waals surface area contributed by atoms with E-state index in [2.05, 4.69) is 45.5 Å². The fourth-order valence-corrected chi connectivity index (χ4v) is 3.44. The third-order valence-corrected chi connectivity index (χ3v) is 4.49. The molecule has 20 heavy (non-hydrogen) atoms. The number of nitrogens with one attached hydrogen (secondary N) is 1. The summed E-state index contributed by atoms with van der Waals surface area (Å²) in [5.74, 6) is 0. The van der Waals surface area contributed by atoms with Gasteiger partial charge in [-0.05, 0) is 54.3 Å². The van der Waals surface area contributed by atoms with Gasteiger partial charge in [-0.3, -0.25) is 4.98 Å². The molecule has 3 heteroatoms. The van der Waals surface area contributed by atoms with E-state index in [9.17, 15) is 0 Å². The van der Waals surface area contributed by atoms with Gasteiger partial charge in [-0.25, -0.2) is 0 Å². The average molecular weight is 265 g/mol. The van der Waals surface area contributed by atoms with E-state index in [1.54, 1.807) is 0 Å². The first-order valence-corrected chi connectivity index (χ1v) is 7.42. The Morgan fingerprint density at radius 2 is 1.95 bits per heavy atom. The SMILES string of the molecule is c1cc(-c2ccc3c(c2)N2CCNCCC2C3)ccn1. The summed E-state index contributed by atoms with van der Waals surface area (Å²) in [6.45, 7) is 3.36. The summed E-state index contributed by atoms with van der Waals surface area (Å²) in [6, 6.07) is 11.8. The second kappa shape index (κ2) is 4.91. The van der Waals surface area contributed by atoms with Gasteiger partial charge in [-0.1, -0.05) is 12.1 Å². The third kappa shape index (κ3) is 1.98. The quantitative estimate of drug-likeness (QED) is 0.858. The standard InChI is InChI=1S/C17H19N3/c1-2-15-11-16-5-8-19-9-10-20(16)17(15)12-14(1)13-3-6-18-7-4-13/h1-4,6-7,12,16,19H,5,8-11H2. The fraction of sp³-hybridized carbons (Fsp3) is 0.353. The lowest BCUT2D eigenvalue weighted by atomic mass is 10.0. The van der Waals surface area contributed by atoms with E-state index >= 15 is 0 Å². The number of anilines is 1. The predicted octanol–water partition coefficient (Wildman–Crippen LogP) is 2.47. The smallest absolute Gasteiger partial charge is 0.0408 e. The minimum atomic E-state index is 0.688. The van der Waals surface area contributed by atoms with E-state index in [4.69, 9.17) is 0 Å². The molecule has 3 heterocycles. The number of hydrogen-bond acceptors (Lipinski definition) is 3. The van der Waals surface area contributed by atoms with Gasteiger partial charge >= 0.3 is 0 Å². The van der Waals surface area contributed by atoms with Crippen molar-refractivity contribution in [2.24, 2.45) is 0 Å². The third-order valence-electron chi connectivity index (χ3n) is 4.49. The highest BCUT2D eigenvalue weighted by atomic mass is 15.2. The van der Waals surface area contributed by atoms with Gasteiger partial charge in [0.1, 0.15) is 0 Å². The Morgan fingerprint density at radius 1 is 1.05 bits per heavy atom. The van der Waals surface area contributed by atoms with Crippen LogP contribution in [0, 0.1) is 0 Å². The first kappa shape index (κ1) is 11.9. The molecule has 0 spiro atoms. The Morgan fingerprint density at radius 3 is 2.85 bits per heavy atom. The first-order chi connectivity index (χ1) is 9.92. The second-order valence-corrected chi connectivity index (χ2v) is 5.67. The first-order valence-electron chi connectivity index (χ1n) is 7.42. The number of benzene rings is 1. The predicted molar refractivity (Wildman–Crippen MR) is 82.0 cm³/mol. The van der Waals surface area contributed by atoms with Crippen molar-refractivity contribution >= 4 is 5.69 Å². The molecule has 2 aliphatic rings. The minimum Gasteiger partial charge on any atom is -0.367 e. The van der Waals surface area contributed by atoms with Crippen LogP contribution in [-0.4, -0.2) is 30.7 Å². The highest BCUT2D eigenvalue weighted by molar-refractivity contribution is 5.72. The molecule has 102 valence electrons. The molecule has 0 aliphatic carbocycles. The molecule has 1 aromatic carbocycles. The zero-order chi connectivity index (χ0) is 13.4. The van der Waals surface area contributed by atoms with Crippen LogP contribution in [-0.2, 0) is 6.42 Å². The highest BCUT2D eigenvalue weighted by Gasteiger charge is 2.30. The summed E-state index contributed by atoms with van der Waals surface area (Å²) in [4.78, 5) is 6.70. The van der Waals surface area contributed by atoms with Crippen LogP contribution in [0.15, 0.2) is 42.7 Å². The van der Waals surface area contributed by atoms with Gasteiger partial charge in [0, 0.05) is 37.2 Å². The summed E-state index contributed by atoms with van der Waals surface area (Å²) in [5.41, 5.74) is 5.49. The molecule has 0 amide bonds. The van der Waals surface area contributed by atoms with Crippen molar-refractivity contribution < 1.29 is 0 Å². The Labute approximate surface area is 119 Å². The molecule has 1 N–H and O–H groups in total. The minimum absolute atomic E-state index is 0.688. The second-order valence-electron chi connectivity index (χ2n) is 5.67. The number of hydrogen-bond donors (Lipinski definition) is 1. The zero-order valence-corrected chi connectivity index (χ0v) is 11.5. The van der Waals surface area contributed by atoms with Crippen LogP contribution in [0.3, 0.4) is 0 Å². The van der Waals surface area contributed by atoms with Crippen molar-refractivity contribution in [1.29, 1.82) is 0 Å². The molecule has 1 unspecified atom stereocenters. The molecule has 1 saturated heterocycles. The van der Waals surface area contributed by atoms with Crippen molar-refractivity contribution in [3.63, 3.8) is 0 Å². The molecule has 0 radical (unpaired) electrons. The monoisotopic (exact) mass is 265 g/mol. The van der Waals surface area contributed by atoms with Crippen LogP contribution >= 0.6 is 0 Å². The summed E-state index contributed by atoms with van der Waals surface area (Å²) in [7, 11) is 0. The zero-order valence-electron chi connectivity index (χ0n) is 11.5. The maximum atomic E-state index is 4.10. The number of fused-ring (bicyclic) bond motifs is 3. The van der Waals surface area contributed by atoms with Gasteiger partial charge in [0.05, 0.1) is 0 Å². The van der Waals surface area contributed by atoms with Crippen molar-refractivity contribution in [2.75, 3.05) is 24.5 Å². The molecule has 2 aromatic rings. The molecule has 1 fully saturated rings. The van der Waals surface area contributed by atoms with E-state index in [1.807, 2.05) is 12.4 Å². The van der Waals surface area contributed by atoms with Crippen molar-refractivity contribution in [3.05, 3.63) is 48.3 Å². The van der Waals surface area contributed by atoms with Crippen molar-refractivity contribution in [1.82, 2.24) is 10.3 Å². The van der Waals surface area contributed by atoms with Crippen molar-refractivity contribution in [3.8, 4) is 11.1 Å². The number of pyridine rings is 1. The topological polar surface area (TPSA) is 28.2 Å². The van der Waals surface area contributed by atoms with Crippen LogP contribution in [0.2, 0.25) is 0 Å². The molecule has 1 aromatic heterocycles. The van der Waals surface area contributed by atoms with Crippen LogP contribution in [0.1, 0.15) is 12.0 Å². The maximum absolute atomic E-state index is 4.10. The van der Waals surface area contributed by atoms with Gasteiger partial charge in [0.2, 0.25) is 0 Å². The Bertz CT molecular complexity index is 609. The molecular formula is C17H19N3. The average Bonchev–Trinajstić information content (AvgIpc) is 2.69. The Kier molecular flexibility index (Phi) is 2.92. The van der Waals surface area contributed by atoms with E-state index in [0.29, 0.717) is 6.04 Å². The van der Waals surface area contributed by atoms with Gasteiger partial charge < -0.3 is 10.2 Å². The number of aromatic nitrogens is 1. The molecule has 2 aliphatic heterocycles. The van der Waals surface area contributed by atoms with Gasteiger partial charge in [-0.2, -0.15) is 0 Å². The highest BCUT2D eigenvalue weighted by Crippen LogP contribution is 2.36. The van der Waals surface area contributed by atoms with Crippen LogP contribution in [0.4, 0.5) is 5.69 Å². The van der Waals surface area contributed by atoms with E-state index in [0.717, 1.165) is 19.6 Å². The summed E-state index contributed by atoms with van der Waals surface area (Å²) in [6.07, 6.45) is 6.18. The van der Waals surface area contributed by atoms with E-state index in [-0.39, 0.29) is 0 Å². The van der Waals surface area contributed by atoms with Crippen molar-refractivity contribution in [2.45, 2.75) is 18.9 Å². The molecule has 0 bridgehead atoms.